The number of amides is 1. The van der Waals surface area contributed by atoms with E-state index in [4.69, 9.17) is 0 Å². The van der Waals surface area contributed by atoms with E-state index in [0.717, 1.165) is 31.5 Å². The van der Waals surface area contributed by atoms with Crippen LogP contribution < -0.4 is 10.6 Å². The van der Waals surface area contributed by atoms with Crippen molar-refractivity contribution in [3.05, 3.63) is 24.3 Å². The second-order valence-electron chi connectivity index (χ2n) is 4.63. The van der Waals surface area contributed by atoms with Crippen LogP contribution in [0.25, 0.3) is 0 Å². The van der Waals surface area contributed by atoms with E-state index in [-0.39, 0.29) is 11.8 Å². The van der Waals surface area contributed by atoms with Crippen LogP contribution in [-0.2, 0) is 4.79 Å². The van der Waals surface area contributed by atoms with Gasteiger partial charge in [-0.3, -0.25) is 4.79 Å². The van der Waals surface area contributed by atoms with Crippen LogP contribution in [0.15, 0.2) is 24.3 Å². The van der Waals surface area contributed by atoms with Crippen molar-refractivity contribution in [2.45, 2.75) is 53.9 Å². The number of hydrogen-bond donors (Lipinski definition) is 2. The molecule has 1 fully saturated rings. The molecular formula is C17H34N2O. The largest absolute Gasteiger partial charge is 0.352 e. The third kappa shape index (κ3) is 12.0. The zero-order chi connectivity index (χ0) is 15.8. The summed E-state index contributed by atoms with van der Waals surface area (Å²) in [5, 5.41) is 6.14. The molecule has 2 N–H and O–H groups in total. The molecular weight excluding hydrogens is 248 g/mol. The van der Waals surface area contributed by atoms with Gasteiger partial charge >= 0.3 is 0 Å². The Bertz CT molecular complexity index is 266. The molecule has 0 aromatic heterocycles. The lowest BCUT2D eigenvalue weighted by Gasteiger charge is -2.21. The summed E-state index contributed by atoms with van der Waals surface area (Å²) in [5.74, 6) is 0.282. The smallest absolute Gasteiger partial charge is 0.224 e. The van der Waals surface area contributed by atoms with Crippen LogP contribution in [0.2, 0.25) is 0 Å². The Labute approximate surface area is 125 Å². The molecule has 0 unspecified atom stereocenters. The number of carbonyl (C=O) groups excluding carboxylic acids is 1. The predicted molar refractivity (Wildman–Crippen MR) is 89.9 cm³/mol. The quantitative estimate of drug-likeness (QED) is 0.772. The van der Waals surface area contributed by atoms with Crippen molar-refractivity contribution < 1.29 is 4.79 Å². The summed E-state index contributed by atoms with van der Waals surface area (Å²) in [7, 11) is 0. The van der Waals surface area contributed by atoms with Gasteiger partial charge in [-0.1, -0.05) is 52.8 Å². The van der Waals surface area contributed by atoms with Crippen molar-refractivity contribution in [1.82, 2.24) is 10.6 Å². The summed E-state index contributed by atoms with van der Waals surface area (Å²) >= 11 is 0. The van der Waals surface area contributed by atoms with Gasteiger partial charge in [0.25, 0.3) is 0 Å². The van der Waals surface area contributed by atoms with Gasteiger partial charge in [-0.2, -0.15) is 0 Å². The lowest BCUT2D eigenvalue weighted by atomic mass is 9.99. The van der Waals surface area contributed by atoms with Crippen LogP contribution in [0.4, 0.5) is 0 Å². The first-order valence-electron chi connectivity index (χ1n) is 7.94. The molecule has 0 aromatic carbocycles. The number of carbonyl (C=O) groups is 1. The first-order chi connectivity index (χ1) is 9.65. The zero-order valence-corrected chi connectivity index (χ0v) is 14.1. The first-order valence-corrected chi connectivity index (χ1v) is 7.94. The lowest BCUT2D eigenvalue weighted by Crippen LogP contribution is -2.40. The van der Waals surface area contributed by atoms with Crippen molar-refractivity contribution in [2.24, 2.45) is 5.92 Å². The van der Waals surface area contributed by atoms with E-state index < -0.39 is 0 Å². The molecule has 1 atom stereocenters. The van der Waals surface area contributed by atoms with E-state index in [1.54, 1.807) is 0 Å². The fourth-order valence-corrected chi connectivity index (χ4v) is 1.72. The number of piperidine rings is 1. The molecule has 0 aliphatic carbocycles. The number of allylic oxidation sites excluding steroid dienone is 1. The normalized spacial score (nSPS) is 17.4. The Morgan fingerprint density at radius 1 is 1.40 bits per heavy atom. The summed E-state index contributed by atoms with van der Waals surface area (Å²) in [6, 6.07) is 0. The monoisotopic (exact) mass is 282 g/mol. The van der Waals surface area contributed by atoms with Crippen molar-refractivity contribution in [3.8, 4) is 0 Å². The van der Waals surface area contributed by atoms with Gasteiger partial charge in [0.1, 0.15) is 0 Å². The molecule has 0 saturated carbocycles. The maximum absolute atomic E-state index is 11.7. The molecule has 0 spiro atoms. The first kappa shape index (κ1) is 21.2. The van der Waals surface area contributed by atoms with Crippen molar-refractivity contribution in [1.29, 1.82) is 0 Å². The SMILES string of the molecule is C=C(/C=C\C)CNC(=O)[C@@H]1CCCNC1.CC.CCC. The molecule has 118 valence electrons. The molecule has 1 aliphatic heterocycles. The molecule has 3 nitrogen and oxygen atoms in total. The molecule has 1 rings (SSSR count). The molecule has 1 saturated heterocycles. The van der Waals surface area contributed by atoms with Gasteiger partial charge < -0.3 is 10.6 Å². The predicted octanol–water partition coefficient (Wildman–Crippen LogP) is 3.68. The number of rotatable bonds is 4. The van der Waals surface area contributed by atoms with Gasteiger partial charge in [0.15, 0.2) is 0 Å². The van der Waals surface area contributed by atoms with E-state index in [2.05, 4.69) is 31.1 Å². The van der Waals surface area contributed by atoms with Crippen LogP contribution in [0.3, 0.4) is 0 Å². The highest BCUT2D eigenvalue weighted by Crippen LogP contribution is 2.09. The van der Waals surface area contributed by atoms with Gasteiger partial charge in [0, 0.05) is 13.1 Å². The molecule has 0 aromatic rings. The van der Waals surface area contributed by atoms with Gasteiger partial charge in [-0.15, -0.1) is 0 Å². The van der Waals surface area contributed by atoms with E-state index >= 15 is 0 Å². The summed E-state index contributed by atoms with van der Waals surface area (Å²) in [4.78, 5) is 11.7. The van der Waals surface area contributed by atoms with E-state index in [9.17, 15) is 4.79 Å². The highest BCUT2D eigenvalue weighted by Gasteiger charge is 2.20. The Balaban J connectivity index is 0. The Kier molecular flexibility index (Phi) is 16.9. The lowest BCUT2D eigenvalue weighted by molar-refractivity contribution is -0.125. The Hall–Kier alpha value is -1.09. The molecule has 1 aliphatic rings. The zero-order valence-electron chi connectivity index (χ0n) is 14.1. The molecule has 1 amide bonds. The van der Waals surface area contributed by atoms with Crippen molar-refractivity contribution in [2.75, 3.05) is 19.6 Å². The van der Waals surface area contributed by atoms with Crippen molar-refractivity contribution >= 4 is 5.91 Å². The van der Waals surface area contributed by atoms with Gasteiger partial charge in [0.2, 0.25) is 5.91 Å². The van der Waals surface area contributed by atoms with E-state index in [1.807, 2.05) is 32.9 Å². The summed E-state index contributed by atoms with van der Waals surface area (Å²) in [5.41, 5.74) is 0.939. The second-order valence-corrected chi connectivity index (χ2v) is 4.63. The summed E-state index contributed by atoms with van der Waals surface area (Å²) < 4.78 is 0. The Morgan fingerprint density at radius 3 is 2.45 bits per heavy atom. The molecule has 3 heteroatoms. The summed E-state index contributed by atoms with van der Waals surface area (Å²) in [6.07, 6.45) is 7.18. The number of nitrogens with one attached hydrogen (secondary N) is 2. The fourth-order valence-electron chi connectivity index (χ4n) is 1.72. The second kappa shape index (κ2) is 16.0. The minimum atomic E-state index is 0.136. The van der Waals surface area contributed by atoms with Gasteiger partial charge in [0.05, 0.1) is 5.92 Å². The third-order valence-corrected chi connectivity index (χ3v) is 2.56. The van der Waals surface area contributed by atoms with E-state index in [0.29, 0.717) is 6.54 Å². The van der Waals surface area contributed by atoms with Gasteiger partial charge in [-0.25, -0.2) is 0 Å². The summed E-state index contributed by atoms with van der Waals surface area (Å²) in [6.45, 7) is 16.4. The molecule has 20 heavy (non-hydrogen) atoms. The average molecular weight is 282 g/mol. The standard InChI is InChI=1S/C12H20N2O.C3H8.C2H6/c1-3-5-10(2)8-14-12(15)11-6-4-7-13-9-11;1-3-2;1-2/h3,5,11,13H,2,4,6-9H2,1H3,(H,14,15);3H2,1-2H3;1-2H3/b5-3-;;/t11-;;/m1../s1. The minimum absolute atomic E-state index is 0.136. The Morgan fingerprint density at radius 2 is 2.00 bits per heavy atom. The molecule has 0 bridgehead atoms. The minimum Gasteiger partial charge on any atom is -0.352 e. The van der Waals surface area contributed by atoms with Crippen LogP contribution in [0.1, 0.15) is 53.9 Å². The van der Waals surface area contributed by atoms with Crippen LogP contribution >= 0.6 is 0 Å². The molecule has 1 heterocycles. The third-order valence-electron chi connectivity index (χ3n) is 2.56. The van der Waals surface area contributed by atoms with Crippen LogP contribution in [-0.4, -0.2) is 25.5 Å². The van der Waals surface area contributed by atoms with Crippen LogP contribution in [0, 0.1) is 5.92 Å². The maximum atomic E-state index is 11.7. The fraction of sp³-hybridized carbons (Fsp3) is 0.706. The highest BCUT2D eigenvalue weighted by molar-refractivity contribution is 5.79. The highest BCUT2D eigenvalue weighted by atomic mass is 16.1. The van der Waals surface area contributed by atoms with E-state index in [1.165, 1.54) is 6.42 Å². The number of hydrogen-bond acceptors (Lipinski definition) is 2. The molecule has 0 radical (unpaired) electrons. The maximum Gasteiger partial charge on any atom is 0.224 e. The van der Waals surface area contributed by atoms with Crippen LogP contribution in [0.5, 0.6) is 0 Å². The van der Waals surface area contributed by atoms with Crippen molar-refractivity contribution in [3.63, 3.8) is 0 Å². The van der Waals surface area contributed by atoms with Gasteiger partial charge in [-0.05, 0) is 31.9 Å². The average Bonchev–Trinajstić information content (AvgIpc) is 2.49. The topological polar surface area (TPSA) is 41.1 Å².